The zero-order valence-corrected chi connectivity index (χ0v) is 75.7. The second kappa shape index (κ2) is 71.3. The predicted octanol–water partition coefficient (Wildman–Crippen LogP) is 18.2. The molecule has 2 heterocycles. The van der Waals surface area contributed by atoms with E-state index in [9.17, 15) is 74.6 Å². The first-order valence-electron chi connectivity index (χ1n) is 48.3. The fourth-order valence-corrected chi connectivity index (χ4v) is 17.1. The van der Waals surface area contributed by atoms with Gasteiger partial charge in [0.15, 0.2) is 24.8 Å². The molecule has 1 aliphatic carbocycles. The lowest BCUT2D eigenvalue weighted by molar-refractivity contribution is -0.360. The summed E-state index contributed by atoms with van der Waals surface area (Å²) in [6.07, 6.45) is 29.0. The van der Waals surface area contributed by atoms with Crippen LogP contribution in [-0.4, -0.2) is 205 Å². The highest BCUT2D eigenvalue weighted by molar-refractivity contribution is 7.47. The number of rotatable bonds is 78. The van der Waals surface area contributed by atoms with Crippen molar-refractivity contribution in [2.45, 2.75) is 524 Å². The molecule has 26 heteroatoms. The van der Waals surface area contributed by atoms with Crippen molar-refractivity contribution in [3.05, 3.63) is 12.2 Å². The number of hydrogen-bond acceptors (Lipinski definition) is 24. The number of phosphoric acid groups is 1. The number of carbonyl (C=O) groups excluding carboxylic acids is 4. The van der Waals surface area contributed by atoms with Gasteiger partial charge in [0, 0.05) is 25.7 Å². The number of esters is 4. The molecule has 2 aliphatic heterocycles. The van der Waals surface area contributed by atoms with Crippen LogP contribution in [0.1, 0.15) is 420 Å². The lowest BCUT2D eigenvalue weighted by Crippen LogP contribution is -2.70. The molecule has 0 spiro atoms. The summed E-state index contributed by atoms with van der Waals surface area (Å²) in [4.78, 5) is 66.6. The SMILES string of the molecule is CCCCCC/C=C\CCCCCCCCCC(=O)OCC(COP(=O)(O)OC1C(OC2OC(CO)C(O)C(O)C2O)C(O)C(O)C(OC(=O)CCCCCCCCCCCCCCCCCC)C1OC1OC(COC(=O)CCCCCCCCC(C)CCCCCCCC)C(O)C(O)C1O)OC(=O)CCCCCCCCCCCCCCC. The van der Waals surface area contributed by atoms with Crippen molar-refractivity contribution in [3.8, 4) is 0 Å². The first-order chi connectivity index (χ1) is 57.6. The van der Waals surface area contributed by atoms with Crippen molar-refractivity contribution in [1.82, 2.24) is 0 Å². The molecule has 3 rings (SSSR count). The Labute approximate surface area is 718 Å². The molecule has 0 radical (unpaired) electrons. The number of phosphoric ester groups is 1. The number of ether oxygens (including phenoxy) is 8. The minimum absolute atomic E-state index is 0.0162. The van der Waals surface area contributed by atoms with Gasteiger partial charge in [-0.15, -0.1) is 0 Å². The van der Waals surface area contributed by atoms with Crippen molar-refractivity contribution < 1.29 is 122 Å². The van der Waals surface area contributed by atoms with Crippen LogP contribution < -0.4 is 0 Å². The molecule has 2 saturated heterocycles. The predicted molar refractivity (Wildman–Crippen MR) is 463 cm³/mol. The van der Waals surface area contributed by atoms with E-state index in [1.807, 2.05) is 0 Å². The van der Waals surface area contributed by atoms with Crippen LogP contribution in [0.3, 0.4) is 0 Å². The van der Waals surface area contributed by atoms with Gasteiger partial charge in [-0.2, -0.15) is 0 Å². The highest BCUT2D eigenvalue weighted by atomic mass is 31.2. The summed E-state index contributed by atoms with van der Waals surface area (Å²) in [6, 6.07) is 0. The molecule has 119 heavy (non-hydrogen) atoms. The topological polar surface area (TPSA) is 380 Å². The van der Waals surface area contributed by atoms with Gasteiger partial charge in [0.25, 0.3) is 0 Å². The molecule has 25 nitrogen and oxygen atoms in total. The smallest absolute Gasteiger partial charge is 0.463 e. The zero-order valence-electron chi connectivity index (χ0n) is 74.8. The summed E-state index contributed by atoms with van der Waals surface area (Å²) >= 11 is 0. The van der Waals surface area contributed by atoms with Gasteiger partial charge in [-0.1, -0.05) is 355 Å². The zero-order chi connectivity index (χ0) is 86.9. The van der Waals surface area contributed by atoms with Gasteiger partial charge >= 0.3 is 31.7 Å². The normalized spacial score (nSPS) is 25.1. The lowest BCUT2D eigenvalue weighted by Gasteiger charge is -2.50. The standard InChI is InChI=1S/C93H173O25P/c1-6-10-14-18-22-25-28-31-33-35-38-41-44-47-55-61-67-79(98)115-88-84(103)85(104)89(116-92-86(105)82(101)80(99)74(68-94)113-92)91(90(88)117-93-87(106)83(102)81(100)75(114-93)71-110-77(96)65-59-53-49-48-51-57-63-72(5)62-56-50-21-17-13-9-4)118-119(107,108)111-70-73(112-78(97)66-60-54-46-43-40-36-30-27-24-20-16-12-8-3)69-109-76(95)64-58-52-45-42-39-37-34-32-29-26-23-19-15-11-7-2/h26,29,72-75,80-94,99-106H,6-25,27-28,30-71H2,1-5H3,(H,107,108)/b29-26-. The van der Waals surface area contributed by atoms with Gasteiger partial charge in [0.2, 0.25) is 0 Å². The van der Waals surface area contributed by atoms with Crippen molar-refractivity contribution in [2.24, 2.45) is 5.92 Å². The first-order valence-corrected chi connectivity index (χ1v) is 49.8. The van der Waals surface area contributed by atoms with E-state index >= 15 is 0 Å². The molecule has 10 N–H and O–H groups in total. The van der Waals surface area contributed by atoms with E-state index in [1.54, 1.807) is 0 Å². The number of aliphatic hydroxyl groups excluding tert-OH is 9. The summed E-state index contributed by atoms with van der Waals surface area (Å²) in [5.74, 6) is -2.27. The van der Waals surface area contributed by atoms with Crippen LogP contribution in [0.4, 0.5) is 0 Å². The maximum absolute atomic E-state index is 14.9. The quantitative estimate of drug-likeness (QED) is 0.00889. The maximum atomic E-state index is 14.9. The molecule has 0 amide bonds. The van der Waals surface area contributed by atoms with Gasteiger partial charge < -0.3 is 88.7 Å². The van der Waals surface area contributed by atoms with Gasteiger partial charge in [-0.05, 0) is 57.3 Å². The second-order valence-corrected chi connectivity index (χ2v) is 36.3. The molecule has 0 aromatic heterocycles. The molecule has 0 aromatic rings. The summed E-state index contributed by atoms with van der Waals surface area (Å²) in [6.45, 7) is 7.94. The van der Waals surface area contributed by atoms with E-state index in [1.165, 1.54) is 180 Å². The minimum atomic E-state index is -5.81. The Morgan fingerprint density at radius 2 is 0.681 bits per heavy atom. The Kier molecular flexibility index (Phi) is 66.1. The van der Waals surface area contributed by atoms with Crippen molar-refractivity contribution in [2.75, 3.05) is 26.4 Å². The minimum Gasteiger partial charge on any atom is -0.463 e. The van der Waals surface area contributed by atoms with E-state index in [0.717, 1.165) is 148 Å². The third-order valence-electron chi connectivity index (χ3n) is 23.9. The Bertz CT molecular complexity index is 2530. The molecule has 19 atom stereocenters. The van der Waals surface area contributed by atoms with Gasteiger partial charge in [-0.25, -0.2) is 4.57 Å². The van der Waals surface area contributed by atoms with Crippen molar-refractivity contribution in [3.63, 3.8) is 0 Å². The number of aliphatic hydroxyl groups is 9. The molecule has 0 aromatic carbocycles. The van der Waals surface area contributed by atoms with Gasteiger partial charge in [-0.3, -0.25) is 28.2 Å². The molecular formula is C93H173O25P. The fourth-order valence-electron chi connectivity index (χ4n) is 16.1. The number of carbonyl (C=O) groups is 4. The molecular weight excluding hydrogens is 1550 g/mol. The average molecular weight is 1720 g/mol. The van der Waals surface area contributed by atoms with E-state index in [-0.39, 0.29) is 25.7 Å². The number of hydrogen-bond donors (Lipinski definition) is 10. The maximum Gasteiger partial charge on any atom is 0.472 e. The summed E-state index contributed by atoms with van der Waals surface area (Å²) in [5.41, 5.74) is 0. The van der Waals surface area contributed by atoms with Crippen LogP contribution in [0.25, 0.3) is 0 Å². The lowest BCUT2D eigenvalue weighted by atomic mass is 9.84. The average Bonchev–Trinajstić information content (AvgIpc) is 0.755. The fraction of sp³-hybridized carbons (Fsp3) is 0.935. The third kappa shape index (κ3) is 51.6. The van der Waals surface area contributed by atoms with Crippen LogP contribution in [0, 0.1) is 5.92 Å². The van der Waals surface area contributed by atoms with Gasteiger partial charge in [0.1, 0.15) is 92.6 Å². The Morgan fingerprint density at radius 1 is 0.353 bits per heavy atom. The van der Waals surface area contributed by atoms with Crippen LogP contribution in [0.2, 0.25) is 0 Å². The van der Waals surface area contributed by atoms with Crippen molar-refractivity contribution >= 4 is 31.7 Å². The first kappa shape index (κ1) is 110. The highest BCUT2D eigenvalue weighted by Gasteiger charge is 2.60. The molecule has 0 bridgehead atoms. The van der Waals surface area contributed by atoms with E-state index < -0.39 is 162 Å². The molecule has 19 unspecified atom stereocenters. The molecule has 3 aliphatic rings. The van der Waals surface area contributed by atoms with Crippen LogP contribution in [0.5, 0.6) is 0 Å². The monoisotopic (exact) mass is 1720 g/mol. The number of allylic oxidation sites excluding steroid dienone is 2. The van der Waals surface area contributed by atoms with Crippen LogP contribution in [-0.2, 0) is 70.7 Å². The van der Waals surface area contributed by atoms with E-state index in [2.05, 4.69) is 46.8 Å². The summed E-state index contributed by atoms with van der Waals surface area (Å²) < 4.78 is 73.5. The van der Waals surface area contributed by atoms with Crippen LogP contribution in [0.15, 0.2) is 12.2 Å². The summed E-state index contributed by atoms with van der Waals surface area (Å²) in [5, 5.41) is 102. The highest BCUT2D eigenvalue weighted by Crippen LogP contribution is 2.49. The Hall–Kier alpha value is -2.79. The Morgan fingerprint density at radius 3 is 1.09 bits per heavy atom. The van der Waals surface area contributed by atoms with Crippen LogP contribution >= 0.6 is 7.82 Å². The van der Waals surface area contributed by atoms with Gasteiger partial charge in [0.05, 0.1) is 13.2 Å². The molecule has 700 valence electrons. The molecule has 1 saturated carbocycles. The number of unbranched alkanes of at least 4 members (excludes halogenated alkanes) is 48. The van der Waals surface area contributed by atoms with Crippen molar-refractivity contribution in [1.29, 1.82) is 0 Å². The van der Waals surface area contributed by atoms with E-state index in [0.29, 0.717) is 38.0 Å². The molecule has 3 fully saturated rings. The second-order valence-electron chi connectivity index (χ2n) is 34.9. The summed E-state index contributed by atoms with van der Waals surface area (Å²) in [7, 11) is -5.81. The largest absolute Gasteiger partial charge is 0.472 e. The Balaban J connectivity index is 1.91. The third-order valence-corrected chi connectivity index (χ3v) is 24.9. The van der Waals surface area contributed by atoms with E-state index in [4.69, 9.17) is 46.9 Å².